The van der Waals surface area contributed by atoms with Crippen LogP contribution in [0.4, 0.5) is 0 Å². The molecule has 4 nitrogen and oxygen atoms in total. The van der Waals surface area contributed by atoms with Gasteiger partial charge in [-0.2, -0.15) is 0 Å². The molecule has 0 fully saturated rings. The molecule has 5 heteroatoms. The third kappa shape index (κ3) is 4.71. The minimum atomic E-state index is -2.92. The van der Waals surface area contributed by atoms with Crippen molar-refractivity contribution < 1.29 is 4.21 Å². The second kappa shape index (κ2) is 12.6. The molecule has 2 aromatic heterocycles. The fraction of sp³-hybridized carbons (Fsp3) is 0.0185. The Balaban J connectivity index is 1.14. The van der Waals surface area contributed by atoms with E-state index in [0.29, 0.717) is 5.82 Å². The van der Waals surface area contributed by atoms with Gasteiger partial charge in [0.15, 0.2) is 5.82 Å². The molecule has 12 rings (SSSR count). The van der Waals surface area contributed by atoms with E-state index in [1.807, 2.05) is 48.5 Å². The van der Waals surface area contributed by atoms with E-state index in [1.54, 1.807) is 0 Å². The molecule has 1 aliphatic heterocycles. The zero-order valence-electron chi connectivity index (χ0n) is 31.9. The maximum atomic E-state index is 15.4. The van der Waals surface area contributed by atoms with E-state index in [4.69, 9.17) is 9.97 Å². The Bertz CT molecular complexity index is 3340. The third-order valence-corrected chi connectivity index (χ3v) is 14.5. The van der Waals surface area contributed by atoms with Gasteiger partial charge < -0.3 is 4.57 Å². The average Bonchev–Trinajstić information content (AvgIpc) is 3.80. The summed E-state index contributed by atoms with van der Waals surface area (Å²) in [5.41, 5.74) is 13.9. The van der Waals surface area contributed by atoms with Gasteiger partial charge in [0.25, 0.3) is 0 Å². The van der Waals surface area contributed by atoms with Gasteiger partial charge >= 0.3 is 0 Å². The highest BCUT2D eigenvalue weighted by Gasteiger charge is 2.53. The Labute approximate surface area is 342 Å². The van der Waals surface area contributed by atoms with Crippen molar-refractivity contribution in [2.75, 3.05) is 0 Å². The molecule has 10 aromatic rings. The Kier molecular flexibility index (Phi) is 7.20. The van der Waals surface area contributed by atoms with Crippen molar-refractivity contribution in [3.05, 3.63) is 222 Å². The first kappa shape index (κ1) is 33.8. The number of hydrogen-bond acceptors (Lipinski definition) is 3. The van der Waals surface area contributed by atoms with Gasteiger partial charge in [-0.1, -0.05) is 152 Å². The SMILES string of the molecule is C=S1(=O)c2ccccc2C2(c3ccccc3-c3ccccc32)c2c1ccc1c3ccccc3n(-c3ccc(-c4nc(-c5ccccc5)cc(-c5ccccc5)n4)cc3)c21. The van der Waals surface area contributed by atoms with Gasteiger partial charge in [-0.05, 0) is 82.2 Å². The molecule has 278 valence electrons. The number of aromatic nitrogens is 3. The van der Waals surface area contributed by atoms with Crippen LogP contribution in [0.1, 0.15) is 22.3 Å². The van der Waals surface area contributed by atoms with E-state index in [1.165, 1.54) is 22.3 Å². The lowest BCUT2D eigenvalue weighted by molar-refractivity contribution is 0.659. The molecule has 1 spiro atoms. The Morgan fingerprint density at radius 2 is 1.02 bits per heavy atom. The average molecular weight is 774 g/mol. The second-order valence-electron chi connectivity index (χ2n) is 15.4. The lowest BCUT2D eigenvalue weighted by atomic mass is 9.67. The first-order chi connectivity index (χ1) is 29.0. The molecule has 59 heavy (non-hydrogen) atoms. The van der Waals surface area contributed by atoms with Crippen molar-refractivity contribution in [2.45, 2.75) is 15.2 Å². The highest BCUT2D eigenvalue weighted by molar-refractivity contribution is 8.00. The smallest absolute Gasteiger partial charge is 0.160 e. The van der Waals surface area contributed by atoms with E-state index in [0.717, 1.165) is 76.5 Å². The fourth-order valence-electron chi connectivity index (χ4n) is 9.91. The Morgan fingerprint density at radius 1 is 0.475 bits per heavy atom. The maximum absolute atomic E-state index is 15.4. The lowest BCUT2D eigenvalue weighted by Crippen LogP contribution is -2.36. The van der Waals surface area contributed by atoms with Crippen molar-refractivity contribution in [1.82, 2.24) is 14.5 Å². The number of benzene rings is 8. The first-order valence-electron chi connectivity index (χ1n) is 19.9. The standard InChI is InChI=1S/C54H35N3OS/c1-59(58)49-27-15-13-25-45(49)54(43-23-11-8-20-39(43)40-21-9-12-24-44(40)54)51-50(59)33-32-42-41-22-10-14-26-48(41)57(52(42)51)38-30-28-37(29-31-38)53-55-46(35-16-4-2-5-17-35)34-47(56-53)36-18-6-3-7-19-36/h2-34H,1H2. The quantitative estimate of drug-likeness (QED) is 0.167. The van der Waals surface area contributed by atoms with Crippen molar-refractivity contribution in [3.63, 3.8) is 0 Å². The van der Waals surface area contributed by atoms with E-state index in [-0.39, 0.29) is 0 Å². The number of nitrogens with zero attached hydrogens (tertiary/aromatic N) is 3. The summed E-state index contributed by atoms with van der Waals surface area (Å²) in [6.07, 6.45) is 0. The minimum absolute atomic E-state index is 0.655. The van der Waals surface area contributed by atoms with E-state index < -0.39 is 14.9 Å². The van der Waals surface area contributed by atoms with Gasteiger partial charge in [-0.15, -0.1) is 0 Å². The zero-order chi connectivity index (χ0) is 39.3. The summed E-state index contributed by atoms with van der Waals surface area (Å²) in [5.74, 6) is 5.20. The number of para-hydroxylation sites is 1. The van der Waals surface area contributed by atoms with Gasteiger partial charge in [-0.3, -0.25) is 4.21 Å². The molecular weight excluding hydrogens is 739 g/mol. The van der Waals surface area contributed by atoms with Crippen molar-refractivity contribution in [2.24, 2.45) is 0 Å². The Morgan fingerprint density at radius 3 is 1.66 bits per heavy atom. The van der Waals surface area contributed by atoms with Crippen LogP contribution in [-0.2, 0) is 14.9 Å². The number of hydrogen-bond donors (Lipinski definition) is 0. The molecular formula is C54H35N3OS. The van der Waals surface area contributed by atoms with Gasteiger partial charge in [0.05, 0.1) is 27.8 Å². The first-order valence-corrected chi connectivity index (χ1v) is 21.6. The van der Waals surface area contributed by atoms with Crippen LogP contribution >= 0.6 is 0 Å². The summed E-state index contributed by atoms with van der Waals surface area (Å²) in [5, 5.41) is 2.23. The van der Waals surface area contributed by atoms with Crippen molar-refractivity contribution in [3.8, 4) is 50.7 Å². The van der Waals surface area contributed by atoms with E-state index in [9.17, 15) is 0 Å². The Hall–Kier alpha value is -7.34. The molecule has 3 heterocycles. The summed E-state index contributed by atoms with van der Waals surface area (Å²) in [7, 11) is -2.92. The summed E-state index contributed by atoms with van der Waals surface area (Å²) >= 11 is 0. The largest absolute Gasteiger partial charge is 0.309 e. The normalized spacial score (nSPS) is 15.8. The molecule has 0 bridgehead atoms. The molecule has 2 aliphatic rings. The van der Waals surface area contributed by atoms with Gasteiger partial charge in [0, 0.05) is 58.0 Å². The van der Waals surface area contributed by atoms with Crippen molar-refractivity contribution in [1.29, 1.82) is 0 Å². The highest BCUT2D eigenvalue weighted by atomic mass is 32.2. The predicted octanol–water partition coefficient (Wildman–Crippen LogP) is 12.4. The topological polar surface area (TPSA) is 47.8 Å². The molecule has 1 atom stereocenters. The molecule has 0 radical (unpaired) electrons. The van der Waals surface area contributed by atoms with Crippen molar-refractivity contribution >= 4 is 37.2 Å². The zero-order valence-corrected chi connectivity index (χ0v) is 32.7. The van der Waals surface area contributed by atoms with Crippen LogP contribution in [0.15, 0.2) is 210 Å². The summed E-state index contributed by atoms with van der Waals surface area (Å²) in [4.78, 5) is 11.8. The summed E-state index contributed by atoms with van der Waals surface area (Å²) in [6.45, 7) is 0. The minimum Gasteiger partial charge on any atom is -0.309 e. The van der Waals surface area contributed by atoms with Crippen LogP contribution in [0.25, 0.3) is 72.5 Å². The maximum Gasteiger partial charge on any atom is 0.160 e. The molecule has 0 saturated carbocycles. The van der Waals surface area contributed by atoms with E-state index in [2.05, 4.69) is 162 Å². The van der Waals surface area contributed by atoms with Crippen LogP contribution in [0, 0.1) is 0 Å². The van der Waals surface area contributed by atoms with E-state index >= 15 is 4.21 Å². The molecule has 0 amide bonds. The third-order valence-electron chi connectivity index (χ3n) is 12.4. The molecule has 1 aliphatic carbocycles. The number of fused-ring (bicyclic) bond motifs is 13. The molecule has 0 saturated heterocycles. The van der Waals surface area contributed by atoms with Crippen LogP contribution in [0.3, 0.4) is 0 Å². The van der Waals surface area contributed by atoms with Crippen LogP contribution in [-0.4, -0.2) is 24.6 Å². The van der Waals surface area contributed by atoms with Crippen LogP contribution in [0.5, 0.6) is 0 Å². The van der Waals surface area contributed by atoms with Gasteiger partial charge in [0.2, 0.25) is 0 Å². The molecule has 8 aromatic carbocycles. The van der Waals surface area contributed by atoms with Crippen LogP contribution in [0.2, 0.25) is 0 Å². The fourth-order valence-corrected chi connectivity index (χ4v) is 11.9. The molecule has 0 N–H and O–H groups in total. The van der Waals surface area contributed by atoms with Gasteiger partial charge in [0.1, 0.15) is 0 Å². The highest BCUT2D eigenvalue weighted by Crippen LogP contribution is 2.62. The second-order valence-corrected chi connectivity index (χ2v) is 17.7. The van der Waals surface area contributed by atoms with Crippen LogP contribution < -0.4 is 0 Å². The predicted molar refractivity (Wildman–Crippen MR) is 242 cm³/mol. The monoisotopic (exact) mass is 773 g/mol. The number of rotatable bonds is 4. The summed E-state index contributed by atoms with van der Waals surface area (Å²) < 4.78 is 17.8. The lowest BCUT2D eigenvalue weighted by Gasteiger charge is -2.41. The van der Waals surface area contributed by atoms with Gasteiger partial charge in [-0.25, -0.2) is 9.97 Å². The molecule has 1 unspecified atom stereocenters. The summed E-state index contributed by atoms with van der Waals surface area (Å²) in [6, 6.07) is 69.8.